The Morgan fingerprint density at radius 2 is 2.00 bits per heavy atom. The molecule has 0 aromatic heterocycles. The lowest BCUT2D eigenvalue weighted by atomic mass is 9.97. The summed E-state index contributed by atoms with van der Waals surface area (Å²) in [5, 5.41) is 2.60. The first-order valence-corrected chi connectivity index (χ1v) is 6.21. The van der Waals surface area contributed by atoms with Crippen LogP contribution in [0.5, 0.6) is 0 Å². The van der Waals surface area contributed by atoms with Crippen molar-refractivity contribution in [3.63, 3.8) is 0 Å². The van der Waals surface area contributed by atoms with Crippen LogP contribution in [0.2, 0.25) is 0 Å². The van der Waals surface area contributed by atoms with E-state index >= 15 is 0 Å². The summed E-state index contributed by atoms with van der Waals surface area (Å²) in [7, 11) is 0. The molecule has 0 rings (SSSR count). The summed E-state index contributed by atoms with van der Waals surface area (Å²) in [6, 6.07) is 0. The molecule has 0 saturated carbocycles. The Morgan fingerprint density at radius 1 is 1.31 bits per heavy atom. The largest absolute Gasteiger partial charge is 0.447 e. The van der Waals surface area contributed by atoms with Gasteiger partial charge < -0.3 is 10.1 Å². The first-order valence-electron chi connectivity index (χ1n) is 6.21. The van der Waals surface area contributed by atoms with E-state index in [-0.39, 0.29) is 6.61 Å². The van der Waals surface area contributed by atoms with Crippen LogP contribution in [0, 0.1) is 5.92 Å². The van der Waals surface area contributed by atoms with E-state index in [0.29, 0.717) is 6.54 Å². The van der Waals surface area contributed by atoms with E-state index < -0.39 is 12.8 Å². The lowest BCUT2D eigenvalue weighted by molar-refractivity contribution is 0.137. The zero-order valence-corrected chi connectivity index (χ0v) is 10.4. The van der Waals surface area contributed by atoms with Crippen LogP contribution in [0.4, 0.5) is 9.18 Å². The Morgan fingerprint density at radius 3 is 2.56 bits per heavy atom. The van der Waals surface area contributed by atoms with Gasteiger partial charge in [0, 0.05) is 6.54 Å². The highest BCUT2D eigenvalue weighted by atomic mass is 19.1. The third-order valence-electron chi connectivity index (χ3n) is 2.77. The van der Waals surface area contributed by atoms with E-state index in [0.717, 1.165) is 18.8 Å². The second kappa shape index (κ2) is 10.7. The molecule has 0 aromatic rings. The summed E-state index contributed by atoms with van der Waals surface area (Å²) < 4.78 is 16.2. The normalized spacial score (nSPS) is 10.5. The van der Waals surface area contributed by atoms with Crippen LogP contribution in [0.25, 0.3) is 0 Å². The number of unbranched alkanes of at least 4 members (excludes halogenated alkanes) is 1. The van der Waals surface area contributed by atoms with Crippen molar-refractivity contribution in [1.29, 1.82) is 0 Å². The summed E-state index contributed by atoms with van der Waals surface area (Å²) in [4.78, 5) is 10.9. The summed E-state index contributed by atoms with van der Waals surface area (Å²) in [5.74, 6) is 0.804. The predicted molar refractivity (Wildman–Crippen MR) is 63.2 cm³/mol. The number of amides is 1. The number of hydrogen-bond donors (Lipinski definition) is 1. The van der Waals surface area contributed by atoms with Gasteiger partial charge in [-0.05, 0) is 12.3 Å². The molecule has 0 spiro atoms. The van der Waals surface area contributed by atoms with Crippen molar-refractivity contribution in [1.82, 2.24) is 5.32 Å². The van der Waals surface area contributed by atoms with Crippen molar-refractivity contribution in [2.75, 3.05) is 19.8 Å². The third-order valence-corrected chi connectivity index (χ3v) is 2.77. The molecule has 0 aromatic carbocycles. The molecule has 0 radical (unpaired) electrons. The minimum Gasteiger partial charge on any atom is -0.447 e. The van der Waals surface area contributed by atoms with Crippen LogP contribution in [-0.2, 0) is 4.74 Å². The summed E-state index contributed by atoms with van der Waals surface area (Å²) in [6.07, 6.45) is 5.23. The minimum absolute atomic E-state index is 0.153. The quantitative estimate of drug-likeness (QED) is 0.621. The van der Waals surface area contributed by atoms with Gasteiger partial charge in [0.05, 0.1) is 0 Å². The van der Waals surface area contributed by atoms with Crippen molar-refractivity contribution in [3.8, 4) is 0 Å². The summed E-state index contributed by atoms with van der Waals surface area (Å²) >= 11 is 0. The van der Waals surface area contributed by atoms with Crippen molar-refractivity contribution in [3.05, 3.63) is 0 Å². The van der Waals surface area contributed by atoms with Crippen LogP contribution in [-0.4, -0.2) is 25.9 Å². The number of carbonyl (C=O) groups is 1. The molecule has 0 heterocycles. The van der Waals surface area contributed by atoms with Crippen LogP contribution < -0.4 is 5.32 Å². The average Bonchev–Trinajstić information content (AvgIpc) is 2.31. The van der Waals surface area contributed by atoms with E-state index in [1.807, 2.05) is 0 Å². The van der Waals surface area contributed by atoms with Gasteiger partial charge in [0.25, 0.3) is 0 Å². The molecular formula is C12H24FNO2. The molecule has 3 nitrogen and oxygen atoms in total. The van der Waals surface area contributed by atoms with Crippen molar-refractivity contribution in [2.24, 2.45) is 5.92 Å². The molecule has 4 heteroatoms. The third kappa shape index (κ3) is 8.50. The number of alkyl halides is 1. The molecule has 0 aliphatic rings. The van der Waals surface area contributed by atoms with Crippen LogP contribution >= 0.6 is 0 Å². The zero-order chi connectivity index (χ0) is 12.2. The maximum atomic E-state index is 11.7. The highest BCUT2D eigenvalue weighted by molar-refractivity contribution is 5.66. The Balaban J connectivity index is 3.29. The van der Waals surface area contributed by atoms with Gasteiger partial charge in [-0.25, -0.2) is 9.18 Å². The van der Waals surface area contributed by atoms with Gasteiger partial charge in [-0.1, -0.05) is 39.5 Å². The Bertz CT molecular complexity index is 172. The second-order valence-electron chi connectivity index (χ2n) is 3.93. The van der Waals surface area contributed by atoms with Gasteiger partial charge in [0.2, 0.25) is 0 Å². The number of halogens is 1. The Hall–Kier alpha value is -0.800. The predicted octanol–water partition coefficient (Wildman–Crippen LogP) is 3.29. The fraction of sp³-hybridized carbons (Fsp3) is 0.917. The number of hydrogen-bond acceptors (Lipinski definition) is 2. The van der Waals surface area contributed by atoms with Gasteiger partial charge >= 0.3 is 6.09 Å². The molecular weight excluding hydrogens is 209 g/mol. The number of carbonyl (C=O) groups excluding carboxylic acids is 1. The zero-order valence-electron chi connectivity index (χ0n) is 10.4. The number of alkyl carbamates (subject to hydrolysis) is 1. The molecule has 1 amide bonds. The molecule has 0 aliphatic heterocycles. The van der Waals surface area contributed by atoms with Gasteiger partial charge in [0.15, 0.2) is 0 Å². The monoisotopic (exact) mass is 233 g/mol. The van der Waals surface area contributed by atoms with Crippen LogP contribution in [0.3, 0.4) is 0 Å². The van der Waals surface area contributed by atoms with Crippen LogP contribution in [0.1, 0.15) is 46.0 Å². The molecule has 0 fully saturated rings. The number of nitrogens with one attached hydrogen (secondary N) is 1. The maximum Gasteiger partial charge on any atom is 0.407 e. The molecule has 0 atom stereocenters. The van der Waals surface area contributed by atoms with E-state index in [2.05, 4.69) is 23.9 Å². The summed E-state index contributed by atoms with van der Waals surface area (Å²) in [5.41, 5.74) is 0. The molecule has 0 bridgehead atoms. The minimum atomic E-state index is -0.623. The lowest BCUT2D eigenvalue weighted by Gasteiger charge is -2.11. The van der Waals surface area contributed by atoms with Gasteiger partial charge in [-0.3, -0.25) is 0 Å². The smallest absolute Gasteiger partial charge is 0.407 e. The number of rotatable bonds is 9. The van der Waals surface area contributed by atoms with Crippen molar-refractivity contribution < 1.29 is 13.9 Å². The van der Waals surface area contributed by atoms with E-state index in [1.165, 1.54) is 19.3 Å². The molecule has 0 unspecified atom stereocenters. The van der Waals surface area contributed by atoms with Crippen molar-refractivity contribution in [2.45, 2.75) is 46.0 Å². The Labute approximate surface area is 97.7 Å². The molecule has 16 heavy (non-hydrogen) atoms. The maximum absolute atomic E-state index is 11.7. The van der Waals surface area contributed by atoms with Gasteiger partial charge in [-0.2, -0.15) is 0 Å². The second-order valence-corrected chi connectivity index (χ2v) is 3.93. The fourth-order valence-corrected chi connectivity index (χ4v) is 1.63. The fourth-order valence-electron chi connectivity index (χ4n) is 1.63. The number of ether oxygens (including phenoxy) is 1. The molecule has 0 saturated heterocycles. The van der Waals surface area contributed by atoms with E-state index in [1.54, 1.807) is 0 Å². The standard InChI is InChI=1S/C12H24FNO2/c1-3-11(4-2)7-5-6-9-14-12(15)16-10-8-13/h11H,3-10H2,1-2H3,(H,14,15). The highest BCUT2D eigenvalue weighted by Gasteiger charge is 2.03. The molecule has 96 valence electrons. The average molecular weight is 233 g/mol. The van der Waals surface area contributed by atoms with E-state index in [4.69, 9.17) is 0 Å². The summed E-state index contributed by atoms with van der Waals surface area (Å²) in [6.45, 7) is 4.26. The first kappa shape index (κ1) is 15.2. The molecule has 1 N–H and O–H groups in total. The Kier molecular flexibility index (Phi) is 10.2. The van der Waals surface area contributed by atoms with Gasteiger partial charge in [-0.15, -0.1) is 0 Å². The molecule has 0 aliphatic carbocycles. The SMILES string of the molecule is CCC(CC)CCCCNC(=O)OCCF. The van der Waals surface area contributed by atoms with Crippen LogP contribution in [0.15, 0.2) is 0 Å². The lowest BCUT2D eigenvalue weighted by Crippen LogP contribution is -2.26. The van der Waals surface area contributed by atoms with Crippen molar-refractivity contribution >= 4 is 6.09 Å². The highest BCUT2D eigenvalue weighted by Crippen LogP contribution is 2.15. The topological polar surface area (TPSA) is 38.3 Å². The van der Waals surface area contributed by atoms with E-state index in [9.17, 15) is 9.18 Å². The first-order chi connectivity index (χ1) is 7.74. The van der Waals surface area contributed by atoms with Gasteiger partial charge in [0.1, 0.15) is 13.3 Å².